The summed E-state index contributed by atoms with van der Waals surface area (Å²) in [6, 6.07) is 7.94. The quantitative estimate of drug-likeness (QED) is 0.829. The molecule has 5 heteroatoms. The first-order valence-electron chi connectivity index (χ1n) is 9.07. The molecule has 0 unspecified atom stereocenters. The van der Waals surface area contributed by atoms with Crippen LogP contribution in [0.4, 0.5) is 5.69 Å². The van der Waals surface area contributed by atoms with Crippen LogP contribution < -0.4 is 4.90 Å². The van der Waals surface area contributed by atoms with Gasteiger partial charge < -0.3 is 15.1 Å². The molecule has 0 atom stereocenters. The topological polar surface area (TPSA) is 77.8 Å². The maximum absolute atomic E-state index is 13.1. The molecule has 0 aliphatic carbocycles. The summed E-state index contributed by atoms with van der Waals surface area (Å²) >= 11 is 0. The Balaban J connectivity index is 1.87. The van der Waals surface area contributed by atoms with Crippen LogP contribution in [0.15, 0.2) is 30.3 Å². The fourth-order valence-electron chi connectivity index (χ4n) is 4.19. The van der Waals surface area contributed by atoms with Crippen molar-refractivity contribution in [2.75, 3.05) is 18.0 Å². The number of phenols is 1. The van der Waals surface area contributed by atoms with Crippen molar-refractivity contribution >= 4 is 17.4 Å². The predicted molar refractivity (Wildman–Crippen MR) is 98.4 cm³/mol. The van der Waals surface area contributed by atoms with E-state index >= 15 is 0 Å². The molecule has 2 aliphatic rings. The molecule has 0 saturated carbocycles. The van der Waals surface area contributed by atoms with Gasteiger partial charge in [-0.25, -0.2) is 4.79 Å². The Labute approximate surface area is 151 Å². The minimum absolute atomic E-state index is 0.0144. The van der Waals surface area contributed by atoms with Crippen molar-refractivity contribution < 1.29 is 19.8 Å². The molecule has 2 heterocycles. The van der Waals surface area contributed by atoms with Crippen LogP contribution in [0.25, 0.3) is 0 Å². The predicted octanol–water partition coefficient (Wildman–Crippen LogP) is 3.41. The zero-order valence-corrected chi connectivity index (χ0v) is 14.5. The molecule has 0 spiro atoms. The minimum Gasteiger partial charge on any atom is -0.507 e. The second kappa shape index (κ2) is 6.48. The van der Waals surface area contributed by atoms with Gasteiger partial charge in [0, 0.05) is 29.9 Å². The zero-order valence-electron chi connectivity index (χ0n) is 14.5. The van der Waals surface area contributed by atoms with Crippen molar-refractivity contribution in [3.8, 4) is 5.75 Å². The number of carboxylic acids is 1. The van der Waals surface area contributed by atoms with Crippen molar-refractivity contribution in [3.63, 3.8) is 0 Å². The van der Waals surface area contributed by atoms with Crippen LogP contribution in [0.1, 0.15) is 56.7 Å². The third-order valence-electron chi connectivity index (χ3n) is 5.39. The van der Waals surface area contributed by atoms with Gasteiger partial charge in [-0.15, -0.1) is 0 Å². The number of nitrogens with zero attached hydrogens (tertiary/aromatic N) is 1. The van der Waals surface area contributed by atoms with Gasteiger partial charge in [0.2, 0.25) is 0 Å². The molecule has 2 N–H and O–H groups in total. The molecule has 2 aromatic carbocycles. The summed E-state index contributed by atoms with van der Waals surface area (Å²) in [4.78, 5) is 26.9. The number of aromatic hydroxyl groups is 1. The van der Waals surface area contributed by atoms with Gasteiger partial charge in [0.1, 0.15) is 5.75 Å². The Hall–Kier alpha value is -2.82. The van der Waals surface area contributed by atoms with Gasteiger partial charge in [-0.3, -0.25) is 4.79 Å². The standard InChI is InChI=1S/C21H21NO4/c23-19(14-7-1-2-8-15(14)21(25)26)17-12-13-6-3-4-10-22-11-5-9-16(18(13)22)20(17)24/h1-2,7-8,12,24H,3-6,9-11H2,(H,25,26). The van der Waals surface area contributed by atoms with Crippen molar-refractivity contribution in [1.82, 2.24) is 0 Å². The van der Waals surface area contributed by atoms with E-state index in [1.54, 1.807) is 18.2 Å². The molecule has 0 fully saturated rings. The first-order valence-corrected chi connectivity index (χ1v) is 9.07. The van der Waals surface area contributed by atoms with Crippen LogP contribution in [-0.4, -0.2) is 35.1 Å². The second-order valence-electron chi connectivity index (χ2n) is 6.99. The number of carbonyl (C=O) groups is 2. The number of benzene rings is 2. The van der Waals surface area contributed by atoms with E-state index < -0.39 is 11.8 Å². The number of hydrogen-bond acceptors (Lipinski definition) is 4. The number of hydrogen-bond donors (Lipinski definition) is 2. The fraction of sp³-hybridized carbons (Fsp3) is 0.333. The first kappa shape index (κ1) is 16.6. The third kappa shape index (κ3) is 2.64. The maximum Gasteiger partial charge on any atom is 0.336 e. The second-order valence-corrected chi connectivity index (χ2v) is 6.99. The van der Waals surface area contributed by atoms with Crippen LogP contribution >= 0.6 is 0 Å². The molecule has 5 nitrogen and oxygen atoms in total. The first-order chi connectivity index (χ1) is 12.6. The molecule has 0 amide bonds. The van der Waals surface area contributed by atoms with Crippen molar-refractivity contribution in [1.29, 1.82) is 0 Å². The molecule has 2 aliphatic heterocycles. The van der Waals surface area contributed by atoms with Gasteiger partial charge >= 0.3 is 5.97 Å². The molecular weight excluding hydrogens is 330 g/mol. The Morgan fingerprint density at radius 2 is 1.65 bits per heavy atom. The molecule has 134 valence electrons. The summed E-state index contributed by atoms with van der Waals surface area (Å²) in [5.41, 5.74) is 3.31. The minimum atomic E-state index is -1.14. The zero-order chi connectivity index (χ0) is 18.3. The Kier molecular flexibility index (Phi) is 4.15. The van der Waals surface area contributed by atoms with E-state index in [0.717, 1.165) is 62.0 Å². The van der Waals surface area contributed by atoms with E-state index in [-0.39, 0.29) is 22.4 Å². The molecule has 2 aromatic rings. The average molecular weight is 351 g/mol. The number of rotatable bonds is 3. The molecule has 0 bridgehead atoms. The lowest BCUT2D eigenvalue weighted by atomic mass is 9.89. The Morgan fingerprint density at radius 3 is 2.42 bits per heavy atom. The van der Waals surface area contributed by atoms with Gasteiger partial charge in [0.25, 0.3) is 0 Å². The lowest BCUT2D eigenvalue weighted by Crippen LogP contribution is -2.30. The molecule has 0 saturated heterocycles. The molecule has 4 rings (SSSR count). The van der Waals surface area contributed by atoms with E-state index in [4.69, 9.17) is 0 Å². The summed E-state index contributed by atoms with van der Waals surface area (Å²) in [5.74, 6) is -1.56. The summed E-state index contributed by atoms with van der Waals surface area (Å²) in [5, 5.41) is 20.2. The monoisotopic (exact) mass is 351 g/mol. The average Bonchev–Trinajstić information content (AvgIpc) is 2.87. The Morgan fingerprint density at radius 1 is 0.923 bits per heavy atom. The number of carboxylic acid groups (broad SMARTS) is 1. The summed E-state index contributed by atoms with van der Waals surface area (Å²) < 4.78 is 0. The SMILES string of the molecule is O=C(O)c1ccccc1C(=O)c1cc2c3c(c1O)CCCN3CCCC2. The van der Waals surface area contributed by atoms with Crippen molar-refractivity contribution in [2.24, 2.45) is 0 Å². The van der Waals surface area contributed by atoms with Crippen molar-refractivity contribution in [2.45, 2.75) is 32.1 Å². The van der Waals surface area contributed by atoms with Crippen LogP contribution in [0, 0.1) is 0 Å². The Bertz CT molecular complexity index is 903. The van der Waals surface area contributed by atoms with Crippen LogP contribution in [0.5, 0.6) is 5.75 Å². The summed E-state index contributed by atoms with van der Waals surface area (Å²) in [6.07, 6.45) is 4.71. The van der Waals surface area contributed by atoms with Gasteiger partial charge in [0.15, 0.2) is 5.78 Å². The fourth-order valence-corrected chi connectivity index (χ4v) is 4.19. The number of anilines is 1. The van der Waals surface area contributed by atoms with Crippen LogP contribution in [0.2, 0.25) is 0 Å². The van der Waals surface area contributed by atoms with Crippen LogP contribution in [0.3, 0.4) is 0 Å². The molecular formula is C21H21NO4. The van der Waals surface area contributed by atoms with Crippen molar-refractivity contribution in [3.05, 3.63) is 58.1 Å². The van der Waals surface area contributed by atoms with Gasteiger partial charge in [0.05, 0.1) is 11.1 Å². The highest BCUT2D eigenvalue weighted by Gasteiger charge is 2.29. The van der Waals surface area contributed by atoms with Crippen LogP contribution in [-0.2, 0) is 12.8 Å². The van der Waals surface area contributed by atoms with E-state index in [0.29, 0.717) is 0 Å². The number of aryl methyl sites for hydroxylation is 1. The molecule has 0 aromatic heterocycles. The summed E-state index contributed by atoms with van der Waals surface area (Å²) in [6.45, 7) is 1.96. The van der Waals surface area contributed by atoms with E-state index in [1.165, 1.54) is 12.1 Å². The lowest BCUT2D eigenvalue weighted by Gasteiger charge is -2.32. The molecule has 26 heavy (non-hydrogen) atoms. The van der Waals surface area contributed by atoms with Gasteiger partial charge in [-0.05, 0) is 49.8 Å². The number of aromatic carboxylic acids is 1. The van der Waals surface area contributed by atoms with Gasteiger partial charge in [-0.1, -0.05) is 18.2 Å². The van der Waals surface area contributed by atoms with E-state index in [1.807, 2.05) is 0 Å². The number of ketones is 1. The smallest absolute Gasteiger partial charge is 0.336 e. The van der Waals surface area contributed by atoms with Gasteiger partial charge in [-0.2, -0.15) is 0 Å². The summed E-state index contributed by atoms with van der Waals surface area (Å²) in [7, 11) is 0. The number of carbonyl (C=O) groups excluding carboxylic acids is 1. The highest BCUT2D eigenvalue weighted by atomic mass is 16.4. The third-order valence-corrected chi connectivity index (χ3v) is 5.39. The van der Waals surface area contributed by atoms with E-state index in [9.17, 15) is 19.8 Å². The largest absolute Gasteiger partial charge is 0.507 e. The lowest BCUT2D eigenvalue weighted by molar-refractivity contribution is 0.0692. The maximum atomic E-state index is 13.1. The molecule has 0 radical (unpaired) electrons. The highest BCUT2D eigenvalue weighted by molar-refractivity contribution is 6.16. The van der Waals surface area contributed by atoms with E-state index in [2.05, 4.69) is 4.90 Å². The normalized spacial score (nSPS) is 15.9. The highest BCUT2D eigenvalue weighted by Crippen LogP contribution is 2.42. The number of phenolic OH excluding ortho intramolecular Hbond substituents is 1.